The zero-order valence-corrected chi connectivity index (χ0v) is 18.8. The standard InChI is InChI=1S/C24H24ClF3N4O/c1-31-14-4-5-18(31)12-13-29-23(33)17-10-8-16(9-11-17)21-15-22(24(26,27)28)30-32(21)20-7-3-2-6-19(20)25/h2-3,6-11,15,18H,4-5,12-14H2,1H3,(H,29,33). The molecule has 9 heteroatoms. The lowest BCUT2D eigenvalue weighted by Crippen LogP contribution is -2.31. The molecule has 0 saturated carbocycles. The van der Waals surface area contributed by atoms with E-state index < -0.39 is 11.9 Å². The van der Waals surface area contributed by atoms with Crippen LogP contribution in [0.5, 0.6) is 0 Å². The third-order valence-electron chi connectivity index (χ3n) is 5.96. The molecule has 1 aliphatic heterocycles. The number of hydrogen-bond donors (Lipinski definition) is 1. The highest BCUT2D eigenvalue weighted by molar-refractivity contribution is 6.32. The van der Waals surface area contributed by atoms with Gasteiger partial charge in [-0.25, -0.2) is 4.68 Å². The van der Waals surface area contributed by atoms with Gasteiger partial charge in [0.15, 0.2) is 5.69 Å². The highest BCUT2D eigenvalue weighted by Crippen LogP contribution is 2.34. The number of amides is 1. The number of nitrogens with zero attached hydrogens (tertiary/aromatic N) is 3. The van der Waals surface area contributed by atoms with Crippen LogP contribution >= 0.6 is 11.6 Å². The summed E-state index contributed by atoms with van der Waals surface area (Å²) in [6.45, 7) is 1.66. The van der Waals surface area contributed by atoms with E-state index in [0.29, 0.717) is 29.4 Å². The number of nitrogens with one attached hydrogen (secondary N) is 1. The van der Waals surface area contributed by atoms with Gasteiger partial charge >= 0.3 is 6.18 Å². The molecule has 1 fully saturated rings. The van der Waals surface area contributed by atoms with Crippen molar-refractivity contribution in [3.63, 3.8) is 0 Å². The predicted molar refractivity (Wildman–Crippen MR) is 122 cm³/mol. The molecule has 2 aromatic carbocycles. The van der Waals surface area contributed by atoms with Crippen molar-refractivity contribution in [3.05, 3.63) is 70.9 Å². The third-order valence-corrected chi connectivity index (χ3v) is 6.28. The molecule has 1 saturated heterocycles. The molecule has 4 rings (SSSR count). The van der Waals surface area contributed by atoms with Gasteiger partial charge in [0, 0.05) is 23.7 Å². The highest BCUT2D eigenvalue weighted by Gasteiger charge is 2.35. The first-order valence-corrected chi connectivity index (χ1v) is 11.1. The van der Waals surface area contributed by atoms with Crippen molar-refractivity contribution in [2.75, 3.05) is 20.1 Å². The lowest BCUT2D eigenvalue weighted by molar-refractivity contribution is -0.141. The molecular formula is C24H24ClF3N4O. The summed E-state index contributed by atoms with van der Waals surface area (Å²) in [5.74, 6) is -0.210. The summed E-state index contributed by atoms with van der Waals surface area (Å²) in [7, 11) is 2.09. The summed E-state index contributed by atoms with van der Waals surface area (Å²) < 4.78 is 41.3. The molecule has 1 unspecified atom stereocenters. The molecule has 5 nitrogen and oxygen atoms in total. The maximum atomic E-state index is 13.4. The summed E-state index contributed by atoms with van der Waals surface area (Å²) in [5.41, 5.74) is 0.478. The third kappa shape index (κ3) is 5.23. The van der Waals surface area contributed by atoms with Crippen LogP contribution < -0.4 is 5.32 Å². The number of rotatable bonds is 6. The van der Waals surface area contributed by atoms with Crippen LogP contribution in [0.3, 0.4) is 0 Å². The van der Waals surface area contributed by atoms with E-state index in [4.69, 9.17) is 11.6 Å². The summed E-state index contributed by atoms with van der Waals surface area (Å²) in [6, 6.07) is 14.5. The van der Waals surface area contributed by atoms with Gasteiger partial charge in [0.05, 0.1) is 16.4 Å². The Balaban J connectivity index is 1.54. The Bertz CT molecular complexity index is 1130. The molecule has 0 radical (unpaired) electrons. The molecule has 1 aromatic heterocycles. The second-order valence-corrected chi connectivity index (χ2v) is 8.58. The van der Waals surface area contributed by atoms with Gasteiger partial charge in [-0.2, -0.15) is 18.3 Å². The Morgan fingerprint density at radius 2 is 1.91 bits per heavy atom. The van der Waals surface area contributed by atoms with Gasteiger partial charge in [-0.3, -0.25) is 4.79 Å². The molecule has 1 N–H and O–H groups in total. The van der Waals surface area contributed by atoms with Crippen LogP contribution in [0.4, 0.5) is 13.2 Å². The minimum atomic E-state index is -4.60. The van der Waals surface area contributed by atoms with Gasteiger partial charge in [-0.15, -0.1) is 0 Å². The first-order valence-electron chi connectivity index (χ1n) is 10.7. The Labute approximate surface area is 195 Å². The molecule has 1 atom stereocenters. The van der Waals surface area contributed by atoms with E-state index >= 15 is 0 Å². The average Bonchev–Trinajstić information content (AvgIpc) is 3.41. The summed E-state index contributed by atoms with van der Waals surface area (Å²) >= 11 is 6.22. The number of para-hydroxylation sites is 1. The molecular weight excluding hydrogens is 453 g/mol. The fraction of sp³-hybridized carbons (Fsp3) is 0.333. The monoisotopic (exact) mass is 476 g/mol. The summed E-state index contributed by atoms with van der Waals surface area (Å²) in [4.78, 5) is 14.8. The topological polar surface area (TPSA) is 50.2 Å². The Kier molecular flexibility index (Phi) is 6.76. The van der Waals surface area contributed by atoms with Crippen LogP contribution in [0.25, 0.3) is 16.9 Å². The van der Waals surface area contributed by atoms with Crippen LogP contribution in [0, 0.1) is 0 Å². The smallest absolute Gasteiger partial charge is 0.352 e. The van der Waals surface area contributed by atoms with E-state index in [-0.39, 0.29) is 16.6 Å². The van der Waals surface area contributed by atoms with Crippen LogP contribution in [0.1, 0.15) is 35.3 Å². The first kappa shape index (κ1) is 23.3. The number of hydrogen-bond acceptors (Lipinski definition) is 3. The van der Waals surface area contributed by atoms with Gasteiger partial charge in [0.2, 0.25) is 0 Å². The normalized spacial score (nSPS) is 16.8. The van der Waals surface area contributed by atoms with Gasteiger partial charge in [0.25, 0.3) is 5.91 Å². The van der Waals surface area contributed by atoms with Crippen molar-refractivity contribution in [2.24, 2.45) is 0 Å². The maximum absolute atomic E-state index is 13.4. The molecule has 33 heavy (non-hydrogen) atoms. The van der Waals surface area contributed by atoms with Crippen LogP contribution in [-0.2, 0) is 6.18 Å². The van der Waals surface area contributed by atoms with Crippen LogP contribution in [0.15, 0.2) is 54.6 Å². The molecule has 3 aromatic rings. The zero-order chi connectivity index (χ0) is 23.6. The second kappa shape index (κ2) is 9.57. The number of benzene rings is 2. The minimum Gasteiger partial charge on any atom is -0.352 e. The van der Waals surface area contributed by atoms with Crippen molar-refractivity contribution >= 4 is 17.5 Å². The first-order chi connectivity index (χ1) is 15.7. The van der Waals surface area contributed by atoms with E-state index in [0.717, 1.165) is 25.5 Å². The van der Waals surface area contributed by atoms with Gasteiger partial charge in [0.1, 0.15) is 0 Å². The van der Waals surface area contributed by atoms with E-state index in [1.54, 1.807) is 48.5 Å². The Hall–Kier alpha value is -2.84. The van der Waals surface area contributed by atoms with Gasteiger partial charge < -0.3 is 10.2 Å². The van der Waals surface area contributed by atoms with Crippen molar-refractivity contribution < 1.29 is 18.0 Å². The minimum absolute atomic E-state index is 0.210. The number of alkyl halides is 3. The molecule has 1 amide bonds. The fourth-order valence-corrected chi connectivity index (χ4v) is 4.34. The summed E-state index contributed by atoms with van der Waals surface area (Å²) in [6.07, 6.45) is -1.40. The van der Waals surface area contributed by atoms with Gasteiger partial charge in [-0.05, 0) is 63.2 Å². The summed E-state index contributed by atoms with van der Waals surface area (Å²) in [5, 5.41) is 6.96. The number of halogens is 4. The highest BCUT2D eigenvalue weighted by atomic mass is 35.5. The number of likely N-dealkylation sites (tertiary alicyclic amines) is 1. The molecule has 0 spiro atoms. The lowest BCUT2D eigenvalue weighted by atomic mass is 10.1. The lowest BCUT2D eigenvalue weighted by Gasteiger charge is -2.19. The van der Waals surface area contributed by atoms with Crippen LogP contribution in [0.2, 0.25) is 5.02 Å². The van der Waals surface area contributed by atoms with Crippen molar-refractivity contribution in [3.8, 4) is 16.9 Å². The molecule has 0 bridgehead atoms. The van der Waals surface area contributed by atoms with E-state index in [1.165, 1.54) is 11.1 Å². The van der Waals surface area contributed by atoms with Crippen molar-refractivity contribution in [1.82, 2.24) is 20.0 Å². The number of carbonyl (C=O) groups excluding carboxylic acids is 1. The quantitative estimate of drug-likeness (QED) is 0.516. The largest absolute Gasteiger partial charge is 0.435 e. The average molecular weight is 477 g/mol. The van der Waals surface area contributed by atoms with Crippen molar-refractivity contribution in [2.45, 2.75) is 31.5 Å². The SMILES string of the molecule is CN1CCCC1CCNC(=O)c1ccc(-c2cc(C(F)(F)F)nn2-c2ccccc2Cl)cc1. The van der Waals surface area contributed by atoms with E-state index in [2.05, 4.69) is 22.4 Å². The van der Waals surface area contributed by atoms with E-state index in [9.17, 15) is 18.0 Å². The maximum Gasteiger partial charge on any atom is 0.435 e. The number of carbonyl (C=O) groups is 1. The number of aromatic nitrogens is 2. The van der Waals surface area contributed by atoms with Gasteiger partial charge in [-0.1, -0.05) is 35.9 Å². The van der Waals surface area contributed by atoms with E-state index in [1.807, 2.05) is 0 Å². The van der Waals surface area contributed by atoms with Crippen LogP contribution in [-0.4, -0.2) is 46.8 Å². The zero-order valence-electron chi connectivity index (χ0n) is 18.1. The Morgan fingerprint density at radius 3 is 2.55 bits per heavy atom. The fourth-order valence-electron chi connectivity index (χ4n) is 4.12. The molecule has 2 heterocycles. The second-order valence-electron chi connectivity index (χ2n) is 8.17. The Morgan fingerprint density at radius 1 is 1.18 bits per heavy atom. The van der Waals surface area contributed by atoms with Crippen molar-refractivity contribution in [1.29, 1.82) is 0 Å². The molecule has 0 aliphatic carbocycles. The molecule has 174 valence electrons. The predicted octanol–water partition coefficient (Wildman–Crippen LogP) is 5.43. The molecule has 1 aliphatic rings.